The number of aryl methyl sites for hydroxylation is 1. The third kappa shape index (κ3) is 2.65. The van der Waals surface area contributed by atoms with Crippen LogP contribution in [0.15, 0.2) is 12.3 Å². The zero-order valence-electron chi connectivity index (χ0n) is 15.4. The zero-order chi connectivity index (χ0) is 18.3. The lowest BCUT2D eigenvalue weighted by atomic mass is 9.77. The Bertz CT molecular complexity index is 834. The number of esters is 1. The monoisotopic (exact) mass is 358 g/mol. The number of anilines is 1. The van der Waals surface area contributed by atoms with E-state index in [1.54, 1.807) is 12.3 Å². The van der Waals surface area contributed by atoms with Crippen LogP contribution in [0.2, 0.25) is 0 Å². The van der Waals surface area contributed by atoms with Crippen LogP contribution in [0.1, 0.15) is 49.4 Å². The van der Waals surface area contributed by atoms with Gasteiger partial charge in [0.05, 0.1) is 18.8 Å². The van der Waals surface area contributed by atoms with Crippen molar-refractivity contribution in [2.45, 2.75) is 51.7 Å². The van der Waals surface area contributed by atoms with Crippen molar-refractivity contribution >= 4 is 23.1 Å². The second-order valence-electron chi connectivity index (χ2n) is 7.51. The molecular weight excluding hydrogens is 332 g/mol. The Labute approximate surface area is 153 Å². The molecule has 7 nitrogen and oxygen atoms in total. The molecule has 1 saturated carbocycles. The number of piperidine rings is 1. The molecule has 26 heavy (non-hydrogen) atoms. The van der Waals surface area contributed by atoms with Gasteiger partial charge in [-0.2, -0.15) is 0 Å². The number of aliphatic hydroxyl groups excluding tert-OH is 1. The minimum atomic E-state index is -0.405. The molecule has 2 atom stereocenters. The lowest BCUT2D eigenvalue weighted by Crippen LogP contribution is -2.48. The predicted molar refractivity (Wildman–Crippen MR) is 98.3 cm³/mol. The molecule has 2 fully saturated rings. The van der Waals surface area contributed by atoms with Crippen molar-refractivity contribution in [1.29, 1.82) is 0 Å². The third-order valence-corrected chi connectivity index (χ3v) is 6.05. The van der Waals surface area contributed by atoms with Crippen molar-refractivity contribution in [2.75, 3.05) is 25.1 Å². The minimum Gasteiger partial charge on any atom is -0.465 e. The first-order valence-electron chi connectivity index (χ1n) is 9.45. The number of imidazole rings is 1. The largest absolute Gasteiger partial charge is 0.465 e. The van der Waals surface area contributed by atoms with Crippen LogP contribution >= 0.6 is 0 Å². The fourth-order valence-corrected chi connectivity index (χ4v) is 4.69. The second-order valence-corrected chi connectivity index (χ2v) is 7.51. The topological polar surface area (TPSA) is 80.5 Å². The number of nitrogens with zero attached hydrogens (tertiary/aromatic N) is 4. The van der Waals surface area contributed by atoms with E-state index in [0.717, 1.165) is 63.3 Å². The van der Waals surface area contributed by atoms with Gasteiger partial charge < -0.3 is 14.7 Å². The maximum absolute atomic E-state index is 11.8. The summed E-state index contributed by atoms with van der Waals surface area (Å²) in [5, 5.41) is 10.5. The van der Waals surface area contributed by atoms with Gasteiger partial charge in [0, 0.05) is 31.2 Å². The van der Waals surface area contributed by atoms with Gasteiger partial charge in [-0.25, -0.2) is 14.8 Å². The van der Waals surface area contributed by atoms with Gasteiger partial charge in [0.15, 0.2) is 5.65 Å². The molecule has 7 heteroatoms. The molecule has 0 aromatic carbocycles. The van der Waals surface area contributed by atoms with E-state index >= 15 is 0 Å². The molecule has 2 aromatic heterocycles. The molecule has 0 amide bonds. The van der Waals surface area contributed by atoms with Crippen LogP contribution < -0.4 is 4.90 Å². The minimum absolute atomic E-state index is 0.000435. The summed E-state index contributed by atoms with van der Waals surface area (Å²) in [5.74, 6) is 0.480. The molecule has 140 valence electrons. The Morgan fingerprint density at radius 3 is 2.92 bits per heavy atom. The van der Waals surface area contributed by atoms with Crippen LogP contribution in [0.25, 0.3) is 11.2 Å². The van der Waals surface area contributed by atoms with E-state index in [2.05, 4.69) is 21.4 Å². The van der Waals surface area contributed by atoms with Crippen LogP contribution in [-0.4, -0.2) is 51.9 Å². The zero-order valence-corrected chi connectivity index (χ0v) is 15.4. The van der Waals surface area contributed by atoms with Crippen molar-refractivity contribution in [1.82, 2.24) is 14.5 Å². The first kappa shape index (κ1) is 17.3. The normalized spacial score (nSPS) is 26.0. The quantitative estimate of drug-likeness (QED) is 0.849. The number of hydrogen-bond acceptors (Lipinski definition) is 6. The highest BCUT2D eigenvalue weighted by atomic mass is 16.5. The lowest BCUT2D eigenvalue weighted by Gasteiger charge is -2.43. The summed E-state index contributed by atoms with van der Waals surface area (Å²) >= 11 is 0. The van der Waals surface area contributed by atoms with Crippen LogP contribution in [0, 0.1) is 5.41 Å². The van der Waals surface area contributed by atoms with Crippen LogP contribution in [0.4, 0.5) is 5.95 Å². The van der Waals surface area contributed by atoms with Crippen molar-refractivity contribution in [3.05, 3.63) is 17.8 Å². The summed E-state index contributed by atoms with van der Waals surface area (Å²) in [7, 11) is 1.36. The van der Waals surface area contributed by atoms with Gasteiger partial charge >= 0.3 is 5.97 Å². The van der Waals surface area contributed by atoms with Crippen molar-refractivity contribution in [3.8, 4) is 0 Å². The van der Waals surface area contributed by atoms with Crippen molar-refractivity contribution in [3.63, 3.8) is 0 Å². The number of fused-ring (bicyclic) bond motifs is 1. The smallest absolute Gasteiger partial charge is 0.339 e. The highest BCUT2D eigenvalue weighted by Crippen LogP contribution is 2.45. The van der Waals surface area contributed by atoms with E-state index in [1.165, 1.54) is 7.11 Å². The molecule has 3 heterocycles. The standard InChI is InChI=1S/C19H26N4O3/c1-3-23-16-14(10-13(11-20-16)17(25)26-2)21-18(23)22-9-5-8-19(12-22)7-4-6-15(19)24/h10-11,15,24H,3-9,12H2,1-2H3/t15-,19+/m1/s1. The number of carbonyl (C=O) groups is 1. The summed E-state index contributed by atoms with van der Waals surface area (Å²) in [6.07, 6.45) is 6.57. The molecule has 1 aliphatic carbocycles. The number of methoxy groups -OCH3 is 1. The number of rotatable bonds is 3. The maximum Gasteiger partial charge on any atom is 0.339 e. The average Bonchev–Trinajstić information content (AvgIpc) is 3.21. The first-order chi connectivity index (χ1) is 12.6. The molecule has 1 N–H and O–H groups in total. The summed E-state index contributed by atoms with van der Waals surface area (Å²) < 4.78 is 6.88. The van der Waals surface area contributed by atoms with Gasteiger partial charge in [-0.1, -0.05) is 6.42 Å². The van der Waals surface area contributed by atoms with Crippen LogP contribution in [0.5, 0.6) is 0 Å². The number of pyridine rings is 1. The Balaban J connectivity index is 1.72. The highest BCUT2D eigenvalue weighted by Gasteiger charge is 2.45. The molecule has 0 unspecified atom stereocenters. The molecule has 0 radical (unpaired) electrons. The maximum atomic E-state index is 11.8. The summed E-state index contributed by atoms with van der Waals surface area (Å²) in [4.78, 5) is 23.3. The van der Waals surface area contributed by atoms with E-state index in [1.807, 2.05) is 0 Å². The van der Waals surface area contributed by atoms with E-state index in [0.29, 0.717) is 11.1 Å². The van der Waals surface area contributed by atoms with E-state index in [9.17, 15) is 9.90 Å². The summed E-state index contributed by atoms with van der Waals surface area (Å²) in [5.41, 5.74) is 1.89. The van der Waals surface area contributed by atoms with Gasteiger partial charge in [-0.3, -0.25) is 4.57 Å². The van der Waals surface area contributed by atoms with Crippen molar-refractivity contribution < 1.29 is 14.6 Å². The molecule has 4 rings (SSSR count). The van der Waals surface area contributed by atoms with Gasteiger partial charge in [0.1, 0.15) is 5.52 Å². The summed E-state index contributed by atoms with van der Waals surface area (Å²) in [6.45, 7) is 4.59. The SMILES string of the molecule is CCn1c(N2CCC[C@@]3(CCC[C@H]3O)C2)nc2cc(C(=O)OC)cnc21. The lowest BCUT2D eigenvalue weighted by molar-refractivity contribution is 0.0405. The molecular formula is C19H26N4O3. The number of hydrogen-bond donors (Lipinski definition) is 1. The Morgan fingerprint density at radius 1 is 1.42 bits per heavy atom. The van der Waals surface area contributed by atoms with Crippen LogP contribution in [0.3, 0.4) is 0 Å². The van der Waals surface area contributed by atoms with Gasteiger partial charge in [0.25, 0.3) is 0 Å². The highest BCUT2D eigenvalue weighted by molar-refractivity contribution is 5.92. The Morgan fingerprint density at radius 2 is 2.23 bits per heavy atom. The molecule has 1 saturated heterocycles. The van der Waals surface area contributed by atoms with Gasteiger partial charge in [0.2, 0.25) is 5.95 Å². The van der Waals surface area contributed by atoms with Crippen LogP contribution in [-0.2, 0) is 11.3 Å². The van der Waals surface area contributed by atoms with E-state index in [-0.39, 0.29) is 11.5 Å². The van der Waals surface area contributed by atoms with Gasteiger partial charge in [-0.15, -0.1) is 0 Å². The fourth-order valence-electron chi connectivity index (χ4n) is 4.69. The van der Waals surface area contributed by atoms with Gasteiger partial charge in [-0.05, 0) is 38.7 Å². The number of aromatic nitrogens is 3. The molecule has 1 spiro atoms. The molecule has 1 aliphatic heterocycles. The number of aliphatic hydroxyl groups is 1. The Kier molecular flexibility index (Phi) is 4.34. The summed E-state index contributed by atoms with van der Waals surface area (Å²) in [6, 6.07) is 1.74. The predicted octanol–water partition coefficient (Wildman–Crippen LogP) is 2.37. The number of carbonyl (C=O) groups excluding carboxylic acids is 1. The third-order valence-electron chi connectivity index (χ3n) is 6.05. The van der Waals surface area contributed by atoms with E-state index in [4.69, 9.17) is 9.72 Å². The van der Waals surface area contributed by atoms with Crippen molar-refractivity contribution in [2.24, 2.45) is 5.41 Å². The molecule has 0 bridgehead atoms. The average molecular weight is 358 g/mol. The molecule has 2 aromatic rings. The second kappa shape index (κ2) is 6.54. The Hall–Kier alpha value is -2.15. The van der Waals surface area contributed by atoms with E-state index < -0.39 is 5.97 Å². The number of ether oxygens (including phenoxy) is 1. The first-order valence-corrected chi connectivity index (χ1v) is 9.45. The fraction of sp³-hybridized carbons (Fsp3) is 0.632. The molecule has 2 aliphatic rings.